The van der Waals surface area contributed by atoms with Gasteiger partial charge in [-0.3, -0.25) is 25.0 Å². The topological polar surface area (TPSA) is 154 Å². The zero-order valence-corrected chi connectivity index (χ0v) is 14.1. The second-order valence-corrected chi connectivity index (χ2v) is 6.87. The number of aromatic nitrogens is 1. The number of primary amides is 1. The van der Waals surface area contributed by atoms with Crippen molar-refractivity contribution in [2.75, 3.05) is 16.8 Å². The minimum absolute atomic E-state index is 0.0215. The normalized spacial score (nSPS) is 10.4. The standard InChI is InChI=1S/C13H13N5O4S2/c1-6-12(23-5-10(15)19)24-13(16-6)17-11(20)7-2-3-8(14)9(4-7)18(21)22/h2-4H,5,14H2,1H3,(H2,15,19)(H,16,17,20). The van der Waals surface area contributed by atoms with Crippen molar-refractivity contribution in [1.29, 1.82) is 0 Å². The van der Waals surface area contributed by atoms with Gasteiger partial charge >= 0.3 is 0 Å². The van der Waals surface area contributed by atoms with Gasteiger partial charge in [0.15, 0.2) is 5.13 Å². The first-order chi connectivity index (χ1) is 11.3. The number of hydrogen-bond acceptors (Lipinski definition) is 8. The molecule has 0 aliphatic rings. The maximum Gasteiger partial charge on any atom is 0.292 e. The fourth-order valence-electron chi connectivity index (χ4n) is 1.72. The summed E-state index contributed by atoms with van der Waals surface area (Å²) in [5.41, 5.74) is 11.0. The lowest BCUT2D eigenvalue weighted by Crippen LogP contribution is -2.12. The van der Waals surface area contributed by atoms with Crippen LogP contribution in [0.5, 0.6) is 0 Å². The van der Waals surface area contributed by atoms with Crippen LogP contribution in [-0.4, -0.2) is 27.5 Å². The van der Waals surface area contributed by atoms with Crippen LogP contribution in [0.1, 0.15) is 16.1 Å². The number of amides is 2. The van der Waals surface area contributed by atoms with E-state index in [-0.39, 0.29) is 22.7 Å². The number of aryl methyl sites for hydroxylation is 1. The third kappa shape index (κ3) is 4.20. The number of rotatable bonds is 6. The molecule has 2 amide bonds. The molecule has 0 radical (unpaired) electrons. The van der Waals surface area contributed by atoms with Crippen LogP contribution in [0.3, 0.4) is 0 Å². The van der Waals surface area contributed by atoms with E-state index < -0.39 is 16.7 Å². The van der Waals surface area contributed by atoms with Crippen molar-refractivity contribution < 1.29 is 14.5 Å². The molecule has 0 bridgehead atoms. The highest BCUT2D eigenvalue weighted by Crippen LogP contribution is 2.32. The molecule has 2 aromatic rings. The Bertz CT molecular complexity index is 821. The number of benzene rings is 1. The van der Waals surface area contributed by atoms with Gasteiger partial charge in [0.25, 0.3) is 11.6 Å². The van der Waals surface area contributed by atoms with E-state index >= 15 is 0 Å². The first kappa shape index (κ1) is 17.7. The molecule has 1 aromatic carbocycles. The van der Waals surface area contributed by atoms with Gasteiger partial charge in [-0.15, -0.1) is 11.8 Å². The number of thioether (sulfide) groups is 1. The van der Waals surface area contributed by atoms with E-state index in [0.717, 1.165) is 10.3 Å². The van der Waals surface area contributed by atoms with E-state index in [9.17, 15) is 19.7 Å². The number of nitro benzene ring substituents is 1. The zero-order valence-electron chi connectivity index (χ0n) is 12.4. The first-order valence-electron chi connectivity index (χ1n) is 6.51. The van der Waals surface area contributed by atoms with E-state index in [4.69, 9.17) is 11.5 Å². The molecule has 1 heterocycles. The summed E-state index contributed by atoms with van der Waals surface area (Å²) < 4.78 is 0.757. The number of nitro groups is 1. The van der Waals surface area contributed by atoms with E-state index in [0.29, 0.717) is 10.8 Å². The second kappa shape index (κ2) is 7.27. The molecule has 0 fully saturated rings. The van der Waals surface area contributed by atoms with Crippen LogP contribution in [0.2, 0.25) is 0 Å². The molecular weight excluding hydrogens is 354 g/mol. The van der Waals surface area contributed by atoms with Gasteiger partial charge in [0.05, 0.1) is 20.6 Å². The number of nitrogens with one attached hydrogen (secondary N) is 1. The van der Waals surface area contributed by atoms with Gasteiger partial charge in [-0.05, 0) is 19.1 Å². The molecule has 0 saturated heterocycles. The van der Waals surface area contributed by atoms with E-state index in [1.807, 2.05) is 0 Å². The molecule has 11 heteroatoms. The fourth-order valence-corrected chi connectivity index (χ4v) is 3.59. The maximum atomic E-state index is 12.2. The number of carbonyl (C=O) groups is 2. The minimum atomic E-state index is -0.655. The fraction of sp³-hybridized carbons (Fsp3) is 0.154. The average Bonchev–Trinajstić information content (AvgIpc) is 2.84. The molecule has 126 valence electrons. The summed E-state index contributed by atoms with van der Waals surface area (Å²) in [6.07, 6.45) is 0. The Morgan fingerprint density at radius 1 is 1.46 bits per heavy atom. The van der Waals surface area contributed by atoms with Crippen LogP contribution in [0.25, 0.3) is 0 Å². The van der Waals surface area contributed by atoms with Crippen LogP contribution in [0.4, 0.5) is 16.5 Å². The number of nitrogens with zero attached hydrogens (tertiary/aromatic N) is 2. The molecule has 24 heavy (non-hydrogen) atoms. The molecule has 0 saturated carbocycles. The summed E-state index contributed by atoms with van der Waals surface area (Å²) in [6.45, 7) is 1.74. The van der Waals surface area contributed by atoms with Gasteiger partial charge in [-0.2, -0.15) is 0 Å². The molecule has 1 aromatic heterocycles. The highest BCUT2D eigenvalue weighted by molar-refractivity contribution is 8.01. The van der Waals surface area contributed by atoms with Gasteiger partial charge < -0.3 is 11.5 Å². The molecule has 0 atom stereocenters. The van der Waals surface area contributed by atoms with Crippen LogP contribution < -0.4 is 16.8 Å². The monoisotopic (exact) mass is 367 g/mol. The third-order valence-electron chi connectivity index (χ3n) is 2.81. The van der Waals surface area contributed by atoms with Gasteiger partial charge in [0.1, 0.15) is 5.69 Å². The summed E-state index contributed by atoms with van der Waals surface area (Å²) in [5, 5.41) is 13.8. The molecule has 0 spiro atoms. The average molecular weight is 367 g/mol. The van der Waals surface area contributed by atoms with Gasteiger partial charge in [0, 0.05) is 11.6 Å². The lowest BCUT2D eigenvalue weighted by Gasteiger charge is -2.03. The molecule has 0 aliphatic carbocycles. The molecular formula is C13H13N5O4S2. The zero-order chi connectivity index (χ0) is 17.9. The second-order valence-electron chi connectivity index (χ2n) is 4.63. The summed E-state index contributed by atoms with van der Waals surface area (Å²) in [6, 6.07) is 3.79. The SMILES string of the molecule is Cc1nc(NC(=O)c2ccc(N)c([N+](=O)[O-])c2)sc1SCC(N)=O. The van der Waals surface area contributed by atoms with Crippen LogP contribution in [0.15, 0.2) is 22.4 Å². The Hall–Kier alpha value is -2.66. The molecule has 0 aliphatic heterocycles. The van der Waals surface area contributed by atoms with Crippen molar-refractivity contribution in [3.8, 4) is 0 Å². The van der Waals surface area contributed by atoms with Crippen molar-refractivity contribution >= 4 is 51.4 Å². The smallest absolute Gasteiger partial charge is 0.292 e. The van der Waals surface area contributed by atoms with Gasteiger partial charge in [0.2, 0.25) is 5.91 Å². The third-order valence-corrected chi connectivity index (χ3v) is 5.27. The van der Waals surface area contributed by atoms with Crippen molar-refractivity contribution in [1.82, 2.24) is 4.98 Å². The first-order valence-corrected chi connectivity index (χ1v) is 8.32. The number of hydrogen-bond donors (Lipinski definition) is 3. The summed E-state index contributed by atoms with van der Waals surface area (Å²) in [4.78, 5) is 37.4. The number of carbonyl (C=O) groups excluding carboxylic acids is 2. The predicted molar refractivity (Wildman–Crippen MR) is 92.2 cm³/mol. The minimum Gasteiger partial charge on any atom is -0.393 e. The number of nitrogens with two attached hydrogens (primary N) is 2. The van der Waals surface area contributed by atoms with Crippen LogP contribution in [-0.2, 0) is 4.79 Å². The Labute approximate surface area is 144 Å². The van der Waals surface area contributed by atoms with Crippen molar-refractivity contribution in [3.63, 3.8) is 0 Å². The number of thiazole rings is 1. The number of anilines is 2. The van der Waals surface area contributed by atoms with Crippen molar-refractivity contribution in [2.24, 2.45) is 5.73 Å². The van der Waals surface area contributed by atoms with Crippen LogP contribution in [0, 0.1) is 17.0 Å². The predicted octanol–water partition coefficient (Wildman–Crippen LogP) is 1.77. The molecule has 5 N–H and O–H groups in total. The Morgan fingerprint density at radius 2 is 2.17 bits per heavy atom. The summed E-state index contributed by atoms with van der Waals surface area (Å²) >= 11 is 2.42. The Morgan fingerprint density at radius 3 is 2.79 bits per heavy atom. The summed E-state index contributed by atoms with van der Waals surface area (Å²) in [5.74, 6) is -0.883. The number of nitrogen functional groups attached to an aromatic ring is 1. The maximum absolute atomic E-state index is 12.2. The van der Waals surface area contributed by atoms with Gasteiger partial charge in [-0.25, -0.2) is 4.98 Å². The quantitative estimate of drug-likeness (QED) is 0.304. The highest BCUT2D eigenvalue weighted by Gasteiger charge is 2.17. The Balaban J connectivity index is 2.15. The van der Waals surface area contributed by atoms with Crippen LogP contribution >= 0.6 is 23.1 Å². The molecule has 9 nitrogen and oxygen atoms in total. The largest absolute Gasteiger partial charge is 0.393 e. The van der Waals surface area contributed by atoms with Crippen molar-refractivity contribution in [3.05, 3.63) is 39.6 Å². The lowest BCUT2D eigenvalue weighted by atomic mass is 10.1. The van der Waals surface area contributed by atoms with Crippen molar-refractivity contribution in [2.45, 2.75) is 11.1 Å². The van der Waals surface area contributed by atoms with E-state index in [1.54, 1.807) is 6.92 Å². The van der Waals surface area contributed by atoms with E-state index in [1.165, 1.54) is 35.2 Å². The summed E-state index contributed by atoms with van der Waals surface area (Å²) in [7, 11) is 0. The van der Waals surface area contributed by atoms with E-state index in [2.05, 4.69) is 10.3 Å². The lowest BCUT2D eigenvalue weighted by molar-refractivity contribution is -0.383. The molecule has 0 unspecified atom stereocenters. The Kier molecular flexibility index (Phi) is 5.36. The van der Waals surface area contributed by atoms with Gasteiger partial charge in [-0.1, -0.05) is 11.3 Å². The highest BCUT2D eigenvalue weighted by atomic mass is 32.2. The molecule has 2 rings (SSSR count).